The van der Waals surface area contributed by atoms with Gasteiger partial charge in [-0.05, 0) is 26.0 Å². The summed E-state index contributed by atoms with van der Waals surface area (Å²) in [5, 5.41) is 4.48. The van der Waals surface area contributed by atoms with E-state index in [0.29, 0.717) is 0 Å². The normalized spacial score (nSPS) is 16.0. The first-order valence-corrected chi connectivity index (χ1v) is 5.56. The average molecular weight is 217 g/mol. The van der Waals surface area contributed by atoms with Crippen LogP contribution in [0.15, 0.2) is 41.7 Å². The molecule has 2 rings (SSSR count). The summed E-state index contributed by atoms with van der Waals surface area (Å²) in [7, 11) is 4.23. The number of hydrazine groups is 1. The van der Waals surface area contributed by atoms with Gasteiger partial charge in [0.2, 0.25) is 0 Å². The molecule has 1 aromatic carbocycles. The van der Waals surface area contributed by atoms with Crippen molar-refractivity contribution < 1.29 is 0 Å². The van der Waals surface area contributed by atoms with Crippen LogP contribution >= 0.6 is 0 Å². The third-order valence-corrected chi connectivity index (χ3v) is 3.32. The zero-order valence-electron chi connectivity index (χ0n) is 10.4. The van der Waals surface area contributed by atoms with Gasteiger partial charge < -0.3 is 4.90 Å². The molecule has 0 bridgehead atoms. The van der Waals surface area contributed by atoms with Crippen molar-refractivity contribution in [2.45, 2.75) is 13.8 Å². The fourth-order valence-corrected chi connectivity index (χ4v) is 1.98. The second-order valence-electron chi connectivity index (χ2n) is 4.27. The minimum absolute atomic E-state index is 0.920. The molecule has 0 radical (unpaired) electrons. The van der Waals surface area contributed by atoms with Crippen molar-refractivity contribution >= 4 is 5.69 Å². The summed E-state index contributed by atoms with van der Waals surface area (Å²) in [5.74, 6) is 0. The Balaban J connectivity index is 2.22. The van der Waals surface area contributed by atoms with Gasteiger partial charge in [-0.15, -0.1) is 0 Å². The third kappa shape index (κ3) is 1.73. The van der Waals surface area contributed by atoms with E-state index in [1.807, 2.05) is 6.07 Å². The second-order valence-corrected chi connectivity index (χ2v) is 4.27. The number of allylic oxidation sites excluding steroid dienone is 2. The topological polar surface area (TPSA) is 9.72 Å². The fraction of sp³-hybridized carbons (Fsp3) is 0.385. The molecule has 1 aromatic rings. The standard InChI is InChI=1S/C13H19N3/c1-11-12(2)16(10-14(11)3)15(4)13-8-6-5-7-9-13/h5-9H,10H2,1-4H3. The van der Waals surface area contributed by atoms with E-state index in [4.69, 9.17) is 0 Å². The minimum atomic E-state index is 0.920. The largest absolute Gasteiger partial charge is 0.357 e. The lowest BCUT2D eigenvalue weighted by Gasteiger charge is -2.32. The van der Waals surface area contributed by atoms with Gasteiger partial charge in [-0.3, -0.25) is 10.0 Å². The van der Waals surface area contributed by atoms with Crippen molar-refractivity contribution in [1.29, 1.82) is 0 Å². The molecule has 1 heterocycles. The van der Waals surface area contributed by atoms with Crippen molar-refractivity contribution in [2.75, 3.05) is 25.8 Å². The van der Waals surface area contributed by atoms with Gasteiger partial charge in [0, 0.05) is 19.8 Å². The second kappa shape index (κ2) is 4.08. The van der Waals surface area contributed by atoms with Gasteiger partial charge in [0.1, 0.15) is 6.67 Å². The van der Waals surface area contributed by atoms with Crippen LogP contribution in [0.3, 0.4) is 0 Å². The van der Waals surface area contributed by atoms with Crippen LogP contribution in [0.2, 0.25) is 0 Å². The Labute approximate surface area is 97.5 Å². The molecule has 86 valence electrons. The van der Waals surface area contributed by atoms with Gasteiger partial charge in [-0.1, -0.05) is 18.2 Å². The Morgan fingerprint density at radius 1 is 1.06 bits per heavy atom. The molecule has 0 amide bonds. The molecular weight excluding hydrogens is 198 g/mol. The predicted octanol–water partition coefficient (Wildman–Crippen LogP) is 2.49. The van der Waals surface area contributed by atoms with Gasteiger partial charge in [0.15, 0.2) is 0 Å². The highest BCUT2D eigenvalue weighted by Crippen LogP contribution is 2.25. The van der Waals surface area contributed by atoms with E-state index in [1.165, 1.54) is 17.1 Å². The highest BCUT2D eigenvalue weighted by Gasteiger charge is 2.23. The van der Waals surface area contributed by atoms with Crippen LogP contribution in [0.25, 0.3) is 0 Å². The van der Waals surface area contributed by atoms with Crippen LogP contribution in [0.5, 0.6) is 0 Å². The van der Waals surface area contributed by atoms with E-state index in [0.717, 1.165) is 6.67 Å². The van der Waals surface area contributed by atoms with E-state index in [2.05, 4.69) is 67.1 Å². The summed E-state index contributed by atoms with van der Waals surface area (Å²) in [6, 6.07) is 10.4. The van der Waals surface area contributed by atoms with E-state index >= 15 is 0 Å². The Morgan fingerprint density at radius 3 is 2.19 bits per heavy atom. The number of nitrogens with zero attached hydrogens (tertiary/aromatic N) is 3. The zero-order valence-corrected chi connectivity index (χ0v) is 10.4. The van der Waals surface area contributed by atoms with Crippen LogP contribution in [0, 0.1) is 0 Å². The van der Waals surface area contributed by atoms with E-state index in [1.54, 1.807) is 0 Å². The SMILES string of the molecule is CC1=C(C)N(N(C)c2ccccc2)CN1C. The van der Waals surface area contributed by atoms with Crippen LogP contribution in [-0.4, -0.2) is 30.7 Å². The lowest BCUT2D eigenvalue weighted by Crippen LogP contribution is -2.39. The molecule has 0 N–H and O–H groups in total. The van der Waals surface area contributed by atoms with Gasteiger partial charge in [-0.25, -0.2) is 0 Å². The van der Waals surface area contributed by atoms with Crippen molar-refractivity contribution in [3.8, 4) is 0 Å². The average Bonchev–Trinajstić information content (AvgIpc) is 2.57. The summed E-state index contributed by atoms with van der Waals surface area (Å²) in [6.07, 6.45) is 0. The summed E-state index contributed by atoms with van der Waals surface area (Å²) in [4.78, 5) is 2.26. The molecule has 3 heteroatoms. The summed E-state index contributed by atoms with van der Waals surface area (Å²) in [5.41, 5.74) is 3.86. The molecule has 0 saturated heterocycles. The molecular formula is C13H19N3. The number of benzene rings is 1. The lowest BCUT2D eigenvalue weighted by molar-refractivity contribution is 0.270. The van der Waals surface area contributed by atoms with Crippen molar-refractivity contribution in [2.24, 2.45) is 0 Å². The summed E-state index contributed by atoms with van der Waals surface area (Å²) >= 11 is 0. The zero-order chi connectivity index (χ0) is 11.7. The molecule has 0 spiro atoms. The maximum Gasteiger partial charge on any atom is 0.110 e. The molecule has 0 aromatic heterocycles. The van der Waals surface area contributed by atoms with Gasteiger partial charge in [0.05, 0.1) is 11.4 Å². The smallest absolute Gasteiger partial charge is 0.110 e. The van der Waals surface area contributed by atoms with Gasteiger partial charge in [0.25, 0.3) is 0 Å². The Hall–Kier alpha value is -1.64. The third-order valence-electron chi connectivity index (χ3n) is 3.32. The Morgan fingerprint density at radius 2 is 1.69 bits per heavy atom. The molecule has 0 aliphatic carbocycles. The van der Waals surface area contributed by atoms with Gasteiger partial charge >= 0.3 is 0 Å². The highest BCUT2D eigenvalue weighted by molar-refractivity contribution is 5.45. The van der Waals surface area contributed by atoms with E-state index < -0.39 is 0 Å². The summed E-state index contributed by atoms with van der Waals surface area (Å²) in [6.45, 7) is 5.25. The maximum atomic E-state index is 2.28. The maximum absolute atomic E-state index is 2.28. The molecule has 1 aliphatic rings. The lowest BCUT2D eigenvalue weighted by atomic mass is 10.3. The minimum Gasteiger partial charge on any atom is -0.357 e. The first-order chi connectivity index (χ1) is 7.61. The number of anilines is 1. The highest BCUT2D eigenvalue weighted by atomic mass is 15.7. The molecule has 3 nitrogen and oxygen atoms in total. The van der Waals surface area contributed by atoms with Crippen molar-refractivity contribution in [1.82, 2.24) is 9.91 Å². The number of hydrogen-bond donors (Lipinski definition) is 0. The van der Waals surface area contributed by atoms with Crippen LogP contribution in [-0.2, 0) is 0 Å². The Bertz CT molecular complexity index is 397. The molecule has 0 atom stereocenters. The number of rotatable bonds is 2. The molecule has 0 saturated carbocycles. The molecule has 1 aliphatic heterocycles. The van der Waals surface area contributed by atoms with E-state index in [9.17, 15) is 0 Å². The number of hydrogen-bond acceptors (Lipinski definition) is 3. The van der Waals surface area contributed by atoms with Crippen LogP contribution in [0.4, 0.5) is 5.69 Å². The fourth-order valence-electron chi connectivity index (χ4n) is 1.98. The first kappa shape index (κ1) is 10.9. The summed E-state index contributed by atoms with van der Waals surface area (Å²) < 4.78 is 0. The first-order valence-electron chi connectivity index (χ1n) is 5.56. The predicted molar refractivity (Wildman–Crippen MR) is 67.7 cm³/mol. The van der Waals surface area contributed by atoms with E-state index in [-0.39, 0.29) is 0 Å². The van der Waals surface area contributed by atoms with Crippen LogP contribution in [0.1, 0.15) is 13.8 Å². The quantitative estimate of drug-likeness (QED) is 0.753. The van der Waals surface area contributed by atoms with Crippen molar-refractivity contribution in [3.05, 3.63) is 41.7 Å². The van der Waals surface area contributed by atoms with Gasteiger partial charge in [-0.2, -0.15) is 0 Å². The number of para-hydroxylation sites is 1. The molecule has 16 heavy (non-hydrogen) atoms. The Kier molecular flexibility index (Phi) is 2.77. The van der Waals surface area contributed by atoms with Crippen molar-refractivity contribution in [3.63, 3.8) is 0 Å². The molecule has 0 unspecified atom stereocenters. The molecule has 0 fully saturated rings. The monoisotopic (exact) mass is 217 g/mol. The van der Waals surface area contributed by atoms with Crippen LogP contribution < -0.4 is 5.01 Å².